The molecule has 104 valence electrons. The van der Waals surface area contributed by atoms with Gasteiger partial charge in [0.1, 0.15) is 6.10 Å². The van der Waals surface area contributed by atoms with E-state index in [-0.39, 0.29) is 17.7 Å². The minimum atomic E-state index is -0.455. The lowest BCUT2D eigenvalue weighted by atomic mass is 9.94. The molecule has 1 spiro atoms. The molecule has 2 fully saturated rings. The Balaban J connectivity index is 1.93. The fourth-order valence-corrected chi connectivity index (χ4v) is 2.48. The molecular weight excluding hydrogens is 230 g/mol. The van der Waals surface area contributed by atoms with E-state index in [0.29, 0.717) is 19.1 Å². The smallest absolute Gasteiger partial charge is 0.311 e. The van der Waals surface area contributed by atoms with Gasteiger partial charge in [0.15, 0.2) is 0 Å². The summed E-state index contributed by atoms with van der Waals surface area (Å²) in [7, 11) is 0. The SMILES string of the molecule is CC(C)(C)C(=O)OC(CCN)C1COC2(CC2)C1. The van der Waals surface area contributed by atoms with E-state index in [1.165, 1.54) is 0 Å². The van der Waals surface area contributed by atoms with Gasteiger partial charge in [0.05, 0.1) is 17.6 Å². The van der Waals surface area contributed by atoms with E-state index in [2.05, 4.69) is 0 Å². The second-order valence-corrected chi connectivity index (χ2v) is 6.73. The van der Waals surface area contributed by atoms with Crippen LogP contribution in [0.3, 0.4) is 0 Å². The second-order valence-electron chi connectivity index (χ2n) is 6.73. The maximum absolute atomic E-state index is 12.0. The van der Waals surface area contributed by atoms with Crippen molar-refractivity contribution in [3.63, 3.8) is 0 Å². The van der Waals surface area contributed by atoms with Crippen LogP contribution in [0, 0.1) is 11.3 Å². The van der Waals surface area contributed by atoms with Crippen LogP contribution >= 0.6 is 0 Å². The molecule has 2 N–H and O–H groups in total. The zero-order valence-corrected chi connectivity index (χ0v) is 11.7. The highest BCUT2D eigenvalue weighted by molar-refractivity contribution is 5.75. The molecule has 4 heteroatoms. The molecule has 0 aromatic heterocycles. The number of hydrogen-bond donors (Lipinski definition) is 1. The van der Waals surface area contributed by atoms with Gasteiger partial charge >= 0.3 is 5.97 Å². The molecule has 1 heterocycles. The number of carbonyl (C=O) groups excluding carboxylic acids is 1. The van der Waals surface area contributed by atoms with Gasteiger partial charge in [-0.3, -0.25) is 4.79 Å². The average molecular weight is 255 g/mol. The fourth-order valence-electron chi connectivity index (χ4n) is 2.48. The third kappa shape index (κ3) is 3.04. The van der Waals surface area contributed by atoms with E-state index >= 15 is 0 Å². The minimum absolute atomic E-state index is 0.0818. The van der Waals surface area contributed by atoms with E-state index in [0.717, 1.165) is 25.7 Å². The second kappa shape index (κ2) is 4.82. The molecule has 18 heavy (non-hydrogen) atoms. The molecule has 2 atom stereocenters. The van der Waals surface area contributed by atoms with Gasteiger partial charge in [-0.2, -0.15) is 0 Å². The number of nitrogens with two attached hydrogens (primary N) is 1. The monoisotopic (exact) mass is 255 g/mol. The van der Waals surface area contributed by atoms with Crippen LogP contribution in [0.15, 0.2) is 0 Å². The van der Waals surface area contributed by atoms with Crippen molar-refractivity contribution >= 4 is 5.97 Å². The summed E-state index contributed by atoms with van der Waals surface area (Å²) in [6.45, 7) is 6.89. The summed E-state index contributed by atoms with van der Waals surface area (Å²) in [6.07, 6.45) is 3.99. The highest BCUT2D eigenvalue weighted by atomic mass is 16.6. The molecule has 2 unspecified atom stereocenters. The average Bonchev–Trinajstić information content (AvgIpc) is 2.87. The van der Waals surface area contributed by atoms with Gasteiger partial charge < -0.3 is 15.2 Å². The van der Waals surface area contributed by atoms with Crippen LogP contribution in [0.1, 0.15) is 46.5 Å². The zero-order chi connectivity index (χ0) is 13.4. The maximum Gasteiger partial charge on any atom is 0.311 e. The van der Waals surface area contributed by atoms with E-state index < -0.39 is 5.41 Å². The molecule has 1 saturated heterocycles. The zero-order valence-electron chi connectivity index (χ0n) is 11.7. The molecule has 0 aromatic carbocycles. The number of hydrogen-bond acceptors (Lipinski definition) is 4. The summed E-state index contributed by atoms with van der Waals surface area (Å²) in [4.78, 5) is 12.0. The summed E-state index contributed by atoms with van der Waals surface area (Å²) in [5, 5.41) is 0. The van der Waals surface area contributed by atoms with E-state index in [1.54, 1.807) is 0 Å². The fraction of sp³-hybridized carbons (Fsp3) is 0.929. The van der Waals surface area contributed by atoms with E-state index in [4.69, 9.17) is 15.2 Å². The topological polar surface area (TPSA) is 61.5 Å². The number of esters is 1. The Morgan fingerprint density at radius 1 is 1.50 bits per heavy atom. The van der Waals surface area contributed by atoms with Crippen molar-refractivity contribution in [2.45, 2.75) is 58.2 Å². The molecule has 0 radical (unpaired) electrons. The van der Waals surface area contributed by atoms with Crippen LogP contribution in [0.4, 0.5) is 0 Å². The van der Waals surface area contributed by atoms with Crippen molar-refractivity contribution in [2.24, 2.45) is 17.1 Å². The lowest BCUT2D eigenvalue weighted by Crippen LogP contribution is -2.34. The highest BCUT2D eigenvalue weighted by Gasteiger charge is 2.52. The summed E-state index contributed by atoms with van der Waals surface area (Å²) in [6, 6.07) is 0. The van der Waals surface area contributed by atoms with Crippen LogP contribution in [0.5, 0.6) is 0 Å². The number of rotatable bonds is 4. The maximum atomic E-state index is 12.0. The van der Waals surface area contributed by atoms with Crippen molar-refractivity contribution < 1.29 is 14.3 Å². The van der Waals surface area contributed by atoms with Gasteiger partial charge in [0.25, 0.3) is 0 Å². The first-order chi connectivity index (χ1) is 8.36. The van der Waals surface area contributed by atoms with Gasteiger partial charge in [-0.1, -0.05) is 0 Å². The largest absolute Gasteiger partial charge is 0.462 e. The Hall–Kier alpha value is -0.610. The van der Waals surface area contributed by atoms with Crippen molar-refractivity contribution in [1.29, 1.82) is 0 Å². The molecule has 2 aliphatic rings. The first-order valence-corrected chi connectivity index (χ1v) is 6.91. The van der Waals surface area contributed by atoms with Crippen molar-refractivity contribution in [3.05, 3.63) is 0 Å². The van der Waals surface area contributed by atoms with E-state index in [9.17, 15) is 4.79 Å². The van der Waals surface area contributed by atoms with Gasteiger partial charge in [-0.05, 0) is 53.0 Å². The summed E-state index contributed by atoms with van der Waals surface area (Å²) >= 11 is 0. The first kappa shape index (κ1) is 13.8. The molecule has 1 saturated carbocycles. The predicted molar refractivity (Wildman–Crippen MR) is 69.0 cm³/mol. The number of carbonyl (C=O) groups is 1. The van der Waals surface area contributed by atoms with Crippen LogP contribution < -0.4 is 5.73 Å². The molecule has 0 aromatic rings. The Bertz CT molecular complexity index is 317. The van der Waals surface area contributed by atoms with Crippen LogP contribution in [-0.4, -0.2) is 30.8 Å². The van der Waals surface area contributed by atoms with Crippen LogP contribution in [0.25, 0.3) is 0 Å². The lowest BCUT2D eigenvalue weighted by molar-refractivity contribution is -0.161. The molecule has 4 nitrogen and oxygen atoms in total. The van der Waals surface area contributed by atoms with Crippen molar-refractivity contribution in [3.8, 4) is 0 Å². The highest BCUT2D eigenvalue weighted by Crippen LogP contribution is 2.50. The molecule has 0 bridgehead atoms. The summed E-state index contributed by atoms with van der Waals surface area (Å²) < 4.78 is 11.5. The quantitative estimate of drug-likeness (QED) is 0.779. The Morgan fingerprint density at radius 2 is 2.17 bits per heavy atom. The molecule has 1 aliphatic carbocycles. The Labute approximate surface area is 109 Å². The Kier molecular flexibility index (Phi) is 3.70. The molecule has 2 rings (SSSR count). The normalized spacial score (nSPS) is 27.2. The van der Waals surface area contributed by atoms with Crippen molar-refractivity contribution in [2.75, 3.05) is 13.2 Å². The third-order valence-electron chi connectivity index (χ3n) is 3.89. The van der Waals surface area contributed by atoms with Crippen LogP contribution in [-0.2, 0) is 14.3 Å². The van der Waals surface area contributed by atoms with Gasteiger partial charge in [-0.25, -0.2) is 0 Å². The van der Waals surface area contributed by atoms with Crippen LogP contribution in [0.2, 0.25) is 0 Å². The van der Waals surface area contributed by atoms with Crippen molar-refractivity contribution in [1.82, 2.24) is 0 Å². The van der Waals surface area contributed by atoms with Gasteiger partial charge in [0.2, 0.25) is 0 Å². The third-order valence-corrected chi connectivity index (χ3v) is 3.89. The van der Waals surface area contributed by atoms with Gasteiger partial charge in [0, 0.05) is 5.92 Å². The minimum Gasteiger partial charge on any atom is -0.462 e. The first-order valence-electron chi connectivity index (χ1n) is 6.91. The predicted octanol–water partition coefficient (Wildman–Crippen LogP) is 1.86. The Morgan fingerprint density at radius 3 is 2.61 bits per heavy atom. The van der Waals surface area contributed by atoms with Gasteiger partial charge in [-0.15, -0.1) is 0 Å². The number of ether oxygens (including phenoxy) is 2. The van der Waals surface area contributed by atoms with E-state index in [1.807, 2.05) is 20.8 Å². The molecule has 1 aliphatic heterocycles. The molecular formula is C14H25NO3. The molecule has 0 amide bonds. The standard InChI is InChI=1S/C14H25NO3/c1-13(2,3)12(16)18-11(4-7-15)10-8-14(5-6-14)17-9-10/h10-11H,4-9,15H2,1-3H3. The summed E-state index contributed by atoms with van der Waals surface area (Å²) in [5.74, 6) is 0.181. The summed E-state index contributed by atoms with van der Waals surface area (Å²) in [5.41, 5.74) is 5.31. The lowest BCUT2D eigenvalue weighted by Gasteiger charge is -2.26.